The van der Waals surface area contributed by atoms with E-state index in [1.54, 1.807) is 7.11 Å². The molecule has 5 aliphatic rings. The molecular formula is C24H34F2N4O2. The summed E-state index contributed by atoms with van der Waals surface area (Å²) >= 11 is 0. The standard InChI is InChI=1S/C24H34F2N4O2/c1-32-18-8-10-22(11-9-18)13-17-7-6-16(5-4-15-2-3-15)12-19(17)24(22)20(31)30(21(27)29-24)14-23(25,26)28/h7,12,15-16,18H,2-6,8-11,13-14,28H2,1H3,(H2,27,29). The summed E-state index contributed by atoms with van der Waals surface area (Å²) in [6.07, 6.45) is 14.4. The third-order valence-electron chi connectivity index (χ3n) is 8.45. The van der Waals surface area contributed by atoms with Crippen molar-refractivity contribution in [1.82, 2.24) is 4.90 Å². The molecule has 176 valence electrons. The van der Waals surface area contributed by atoms with Crippen molar-refractivity contribution in [3.8, 4) is 0 Å². The third kappa shape index (κ3) is 3.50. The quantitative estimate of drug-likeness (QED) is 0.609. The smallest absolute Gasteiger partial charge is 0.317 e. The van der Waals surface area contributed by atoms with Crippen molar-refractivity contribution in [3.05, 3.63) is 23.3 Å². The average molecular weight is 449 g/mol. The van der Waals surface area contributed by atoms with Gasteiger partial charge in [-0.2, -0.15) is 8.78 Å². The number of nitrogens with zero attached hydrogens (tertiary/aromatic N) is 2. The van der Waals surface area contributed by atoms with Crippen LogP contribution in [0.1, 0.15) is 64.2 Å². The summed E-state index contributed by atoms with van der Waals surface area (Å²) in [6.45, 7) is -0.947. The Morgan fingerprint density at radius 3 is 2.59 bits per heavy atom. The van der Waals surface area contributed by atoms with Crippen LogP contribution in [0.2, 0.25) is 0 Å². The molecule has 2 atom stereocenters. The Hall–Kier alpha value is -1.80. The number of nitrogens with two attached hydrogens (primary N) is 2. The van der Waals surface area contributed by atoms with Gasteiger partial charge < -0.3 is 10.5 Å². The predicted octanol–water partition coefficient (Wildman–Crippen LogP) is 3.48. The Kier molecular flexibility index (Phi) is 5.24. The molecule has 0 radical (unpaired) electrons. The molecule has 0 aromatic carbocycles. The molecule has 3 fully saturated rings. The van der Waals surface area contributed by atoms with Gasteiger partial charge in [-0.1, -0.05) is 25.0 Å². The van der Waals surface area contributed by atoms with Gasteiger partial charge in [0.1, 0.15) is 6.54 Å². The van der Waals surface area contributed by atoms with Gasteiger partial charge >= 0.3 is 6.05 Å². The molecule has 8 heteroatoms. The molecule has 2 spiro atoms. The maximum atomic E-state index is 13.9. The van der Waals surface area contributed by atoms with E-state index >= 15 is 0 Å². The second-order valence-corrected chi connectivity index (χ2v) is 10.6. The highest BCUT2D eigenvalue weighted by molar-refractivity contribution is 6.10. The molecule has 1 heterocycles. The van der Waals surface area contributed by atoms with Crippen molar-refractivity contribution in [2.45, 2.75) is 81.9 Å². The maximum absolute atomic E-state index is 13.9. The molecular weight excluding hydrogens is 414 g/mol. The minimum absolute atomic E-state index is 0.143. The Morgan fingerprint density at radius 1 is 1.25 bits per heavy atom. The molecule has 1 amide bonds. The van der Waals surface area contributed by atoms with Gasteiger partial charge in [-0.3, -0.25) is 15.4 Å². The Morgan fingerprint density at radius 2 is 1.97 bits per heavy atom. The highest BCUT2D eigenvalue weighted by atomic mass is 19.3. The summed E-state index contributed by atoms with van der Waals surface area (Å²) in [4.78, 5) is 19.6. The number of carbonyl (C=O) groups is 1. The summed E-state index contributed by atoms with van der Waals surface area (Å²) in [5.41, 5.74) is 11.5. The van der Waals surface area contributed by atoms with E-state index in [4.69, 9.17) is 21.2 Å². The molecule has 0 bridgehead atoms. The van der Waals surface area contributed by atoms with E-state index < -0.39 is 29.5 Å². The molecule has 0 aromatic heterocycles. The highest BCUT2D eigenvalue weighted by Gasteiger charge is 2.68. The summed E-state index contributed by atoms with van der Waals surface area (Å²) < 4.78 is 33.0. The first-order valence-electron chi connectivity index (χ1n) is 12.0. The van der Waals surface area contributed by atoms with Crippen LogP contribution in [0.3, 0.4) is 0 Å². The molecule has 4 aliphatic carbocycles. The van der Waals surface area contributed by atoms with Gasteiger partial charge in [-0.05, 0) is 74.3 Å². The van der Waals surface area contributed by atoms with Crippen LogP contribution < -0.4 is 11.5 Å². The van der Waals surface area contributed by atoms with Crippen LogP contribution in [0, 0.1) is 17.3 Å². The Balaban J connectivity index is 1.53. The number of hydrogen-bond acceptors (Lipinski definition) is 5. The lowest BCUT2D eigenvalue weighted by Crippen LogP contribution is -2.56. The second-order valence-electron chi connectivity index (χ2n) is 10.6. The zero-order valence-corrected chi connectivity index (χ0v) is 18.8. The number of methoxy groups -OCH3 is 1. The van der Waals surface area contributed by atoms with Crippen molar-refractivity contribution in [3.63, 3.8) is 0 Å². The molecule has 6 nitrogen and oxygen atoms in total. The fourth-order valence-electron chi connectivity index (χ4n) is 6.55. The number of alkyl halides is 2. The molecule has 3 saturated carbocycles. The lowest BCUT2D eigenvalue weighted by molar-refractivity contribution is -0.138. The van der Waals surface area contributed by atoms with Gasteiger partial charge in [0.2, 0.25) is 0 Å². The van der Waals surface area contributed by atoms with E-state index in [2.05, 4.69) is 12.2 Å². The number of carbonyl (C=O) groups excluding carboxylic acids is 1. The number of halogens is 2. The number of hydrogen-bond donors (Lipinski definition) is 2. The largest absolute Gasteiger partial charge is 0.381 e. The van der Waals surface area contributed by atoms with Gasteiger partial charge in [0.15, 0.2) is 11.5 Å². The van der Waals surface area contributed by atoms with E-state index in [0.717, 1.165) is 66.9 Å². The highest BCUT2D eigenvalue weighted by Crippen LogP contribution is 2.64. The first-order valence-corrected chi connectivity index (χ1v) is 12.0. The van der Waals surface area contributed by atoms with Crippen LogP contribution in [-0.4, -0.2) is 48.1 Å². The molecule has 32 heavy (non-hydrogen) atoms. The number of guanidine groups is 1. The number of allylic oxidation sites excluding steroid dienone is 2. The minimum atomic E-state index is -3.53. The molecule has 2 unspecified atom stereocenters. The van der Waals surface area contributed by atoms with Crippen molar-refractivity contribution in [1.29, 1.82) is 0 Å². The Labute approximate surface area is 188 Å². The van der Waals surface area contributed by atoms with Crippen LogP contribution in [0.25, 0.3) is 0 Å². The Bertz CT molecular complexity index is 881. The van der Waals surface area contributed by atoms with Crippen molar-refractivity contribution in [2.75, 3.05) is 13.7 Å². The molecule has 0 aromatic rings. The zero-order chi connectivity index (χ0) is 22.7. The minimum Gasteiger partial charge on any atom is -0.381 e. The van der Waals surface area contributed by atoms with Gasteiger partial charge in [-0.25, -0.2) is 4.99 Å². The van der Waals surface area contributed by atoms with Crippen molar-refractivity contribution in [2.24, 2.45) is 33.7 Å². The first kappa shape index (κ1) is 22.0. The lowest BCUT2D eigenvalue weighted by atomic mass is 9.61. The normalized spacial score (nSPS) is 37.1. The first-order chi connectivity index (χ1) is 15.2. The monoisotopic (exact) mass is 448 g/mol. The van der Waals surface area contributed by atoms with Crippen LogP contribution in [0.5, 0.6) is 0 Å². The topological polar surface area (TPSA) is 93.9 Å². The van der Waals surface area contributed by atoms with Gasteiger partial charge in [0, 0.05) is 12.5 Å². The van der Waals surface area contributed by atoms with Gasteiger partial charge in [0.05, 0.1) is 6.10 Å². The number of rotatable bonds is 6. The van der Waals surface area contributed by atoms with Crippen molar-refractivity contribution < 1.29 is 18.3 Å². The number of ether oxygens (including phenoxy) is 1. The van der Waals surface area contributed by atoms with Crippen LogP contribution in [0.4, 0.5) is 8.78 Å². The summed E-state index contributed by atoms with van der Waals surface area (Å²) in [5.74, 6) is 0.617. The van der Waals surface area contributed by atoms with Crippen LogP contribution in [-0.2, 0) is 9.53 Å². The summed E-state index contributed by atoms with van der Waals surface area (Å²) in [7, 11) is 1.71. The number of amides is 1. The fourth-order valence-corrected chi connectivity index (χ4v) is 6.55. The molecule has 4 N–H and O–H groups in total. The number of fused-ring (bicyclic) bond motifs is 3. The lowest BCUT2D eigenvalue weighted by Gasteiger charge is -2.45. The van der Waals surface area contributed by atoms with E-state index in [0.29, 0.717) is 5.92 Å². The van der Waals surface area contributed by atoms with Crippen LogP contribution >= 0.6 is 0 Å². The maximum Gasteiger partial charge on any atom is 0.317 e. The molecule has 5 rings (SSSR count). The molecule has 0 saturated heterocycles. The zero-order valence-electron chi connectivity index (χ0n) is 18.8. The van der Waals surface area contributed by atoms with Crippen LogP contribution in [0.15, 0.2) is 28.3 Å². The number of aliphatic imine (C=N–C) groups is 1. The predicted molar refractivity (Wildman–Crippen MR) is 118 cm³/mol. The van der Waals surface area contributed by atoms with E-state index in [9.17, 15) is 13.6 Å². The fraction of sp³-hybridized carbons (Fsp3) is 0.750. The average Bonchev–Trinajstić information content (AvgIpc) is 3.50. The summed E-state index contributed by atoms with van der Waals surface area (Å²) in [5, 5.41) is 0. The molecule has 1 aliphatic heterocycles. The van der Waals surface area contributed by atoms with E-state index in [1.165, 1.54) is 19.3 Å². The second kappa shape index (κ2) is 7.62. The van der Waals surface area contributed by atoms with Gasteiger partial charge in [0.25, 0.3) is 5.91 Å². The van der Waals surface area contributed by atoms with E-state index in [-0.39, 0.29) is 12.1 Å². The van der Waals surface area contributed by atoms with Gasteiger partial charge in [-0.15, -0.1) is 0 Å². The SMILES string of the molecule is COC1CCC2(CC1)CC1=CCC(CCC3CC3)C=C1C21N=C(N)N(CC(N)(F)F)C1=O. The van der Waals surface area contributed by atoms with E-state index in [1.807, 2.05) is 0 Å². The summed E-state index contributed by atoms with van der Waals surface area (Å²) in [6, 6.07) is -3.53. The third-order valence-corrected chi connectivity index (χ3v) is 8.45. The van der Waals surface area contributed by atoms with Crippen molar-refractivity contribution >= 4 is 11.9 Å².